The number of ether oxygens (including phenoxy) is 1. The summed E-state index contributed by atoms with van der Waals surface area (Å²) in [5, 5.41) is 29.4. The monoisotopic (exact) mass is 540 g/mol. The van der Waals surface area contributed by atoms with Crippen LogP contribution in [0, 0.1) is 11.8 Å². The zero-order valence-corrected chi connectivity index (χ0v) is 22.5. The Morgan fingerprint density at radius 3 is 2.44 bits per heavy atom. The van der Waals surface area contributed by atoms with Crippen molar-refractivity contribution in [2.24, 2.45) is 11.8 Å². The Balaban J connectivity index is 1.99. The third-order valence-corrected chi connectivity index (χ3v) is 6.63. The standard InChI is InChI=1S/C28H36N4O7/c1-15(2)12-22-26(36)30-17(4)23(32-25(35)19-9-5-6-10-21(19)33)27(37)31-20(13-18-8-7-11-29-14-18)24(34)16(3)28(38)39-22/h5-11,14-17,20,22-24,33-34H,12-13H2,1-4H3,(H,30,36)(H,31,37)(H,32,35)/t16-,17-,20+,22?,23+,24+/m1/s1. The van der Waals surface area contributed by atoms with Gasteiger partial charge in [0.1, 0.15) is 11.8 Å². The number of esters is 1. The zero-order chi connectivity index (χ0) is 28.7. The maximum absolute atomic E-state index is 13.6. The molecule has 39 heavy (non-hydrogen) atoms. The zero-order valence-electron chi connectivity index (χ0n) is 22.5. The van der Waals surface area contributed by atoms with Gasteiger partial charge in [-0.25, -0.2) is 0 Å². The molecule has 1 unspecified atom stereocenters. The molecule has 0 aliphatic carbocycles. The first kappa shape index (κ1) is 29.6. The molecule has 6 atom stereocenters. The average Bonchev–Trinajstić information content (AvgIpc) is 2.89. The molecule has 11 nitrogen and oxygen atoms in total. The van der Waals surface area contributed by atoms with Crippen molar-refractivity contribution in [1.82, 2.24) is 20.9 Å². The van der Waals surface area contributed by atoms with E-state index in [-0.39, 0.29) is 30.1 Å². The Kier molecular flexibility index (Phi) is 10.00. The Labute approximate surface area is 227 Å². The number of cyclic esters (lactones) is 1. The van der Waals surface area contributed by atoms with Crippen molar-refractivity contribution in [3.63, 3.8) is 0 Å². The van der Waals surface area contributed by atoms with Gasteiger partial charge in [-0.05, 0) is 56.4 Å². The molecule has 0 spiro atoms. The van der Waals surface area contributed by atoms with E-state index in [4.69, 9.17) is 4.74 Å². The van der Waals surface area contributed by atoms with E-state index >= 15 is 0 Å². The maximum atomic E-state index is 13.6. The van der Waals surface area contributed by atoms with E-state index in [0.717, 1.165) is 0 Å². The van der Waals surface area contributed by atoms with Crippen LogP contribution in [0.15, 0.2) is 48.8 Å². The summed E-state index contributed by atoms with van der Waals surface area (Å²) in [7, 11) is 0. The fourth-order valence-corrected chi connectivity index (χ4v) is 4.38. The molecule has 3 amide bonds. The molecule has 0 bridgehead atoms. The van der Waals surface area contributed by atoms with Gasteiger partial charge in [0, 0.05) is 12.4 Å². The highest BCUT2D eigenvalue weighted by atomic mass is 16.5. The lowest BCUT2D eigenvalue weighted by atomic mass is 9.92. The lowest BCUT2D eigenvalue weighted by molar-refractivity contribution is -0.164. The van der Waals surface area contributed by atoms with Crippen molar-refractivity contribution >= 4 is 23.7 Å². The minimum Gasteiger partial charge on any atom is -0.507 e. The Morgan fingerprint density at radius 1 is 1.08 bits per heavy atom. The first-order valence-corrected chi connectivity index (χ1v) is 12.9. The molecule has 1 aliphatic rings. The molecule has 0 radical (unpaired) electrons. The van der Waals surface area contributed by atoms with E-state index < -0.39 is 59.9 Å². The molecule has 0 saturated carbocycles. The van der Waals surface area contributed by atoms with Gasteiger partial charge in [-0.15, -0.1) is 0 Å². The van der Waals surface area contributed by atoms with Crippen molar-refractivity contribution in [2.45, 2.75) is 70.9 Å². The predicted molar refractivity (Wildman–Crippen MR) is 141 cm³/mol. The second-order valence-corrected chi connectivity index (χ2v) is 10.3. The quantitative estimate of drug-likeness (QED) is 0.340. The number of pyridine rings is 1. The SMILES string of the molecule is CC(C)CC1OC(=O)[C@H](C)[C@H](O)[C@H](Cc2cccnc2)NC(=O)[C@@H](NC(=O)c2ccccc2O)[C@@H](C)NC1=O. The van der Waals surface area contributed by atoms with Gasteiger partial charge in [0.05, 0.1) is 29.7 Å². The number of hydrogen-bond acceptors (Lipinski definition) is 8. The number of benzene rings is 1. The van der Waals surface area contributed by atoms with Crippen LogP contribution in [0.2, 0.25) is 0 Å². The number of aromatic nitrogens is 1. The van der Waals surface area contributed by atoms with E-state index in [1.807, 2.05) is 13.8 Å². The van der Waals surface area contributed by atoms with Crippen LogP contribution in [0.5, 0.6) is 5.75 Å². The summed E-state index contributed by atoms with van der Waals surface area (Å²) < 4.78 is 5.55. The van der Waals surface area contributed by atoms with Gasteiger partial charge in [-0.1, -0.05) is 32.0 Å². The topological polar surface area (TPSA) is 167 Å². The van der Waals surface area contributed by atoms with E-state index in [9.17, 15) is 29.4 Å². The van der Waals surface area contributed by atoms with Crippen LogP contribution in [-0.4, -0.2) is 69.2 Å². The predicted octanol–water partition coefficient (Wildman–Crippen LogP) is 1.09. The Morgan fingerprint density at radius 2 is 1.79 bits per heavy atom. The molecule has 1 saturated heterocycles. The summed E-state index contributed by atoms with van der Waals surface area (Å²) in [4.78, 5) is 56.8. The second kappa shape index (κ2) is 13.2. The lowest BCUT2D eigenvalue weighted by Gasteiger charge is -2.33. The highest BCUT2D eigenvalue weighted by molar-refractivity contribution is 6.00. The summed E-state index contributed by atoms with van der Waals surface area (Å²) in [6.45, 7) is 6.73. The normalized spacial score (nSPS) is 26.5. The number of aromatic hydroxyl groups is 1. The van der Waals surface area contributed by atoms with Crippen molar-refractivity contribution < 1.29 is 34.1 Å². The van der Waals surface area contributed by atoms with Crippen LogP contribution >= 0.6 is 0 Å². The van der Waals surface area contributed by atoms with Gasteiger partial charge in [-0.3, -0.25) is 24.2 Å². The molecular formula is C28H36N4O7. The molecule has 1 aliphatic heterocycles. The van der Waals surface area contributed by atoms with Crippen molar-refractivity contribution in [3.05, 3.63) is 59.9 Å². The van der Waals surface area contributed by atoms with Crippen LogP contribution in [0.3, 0.4) is 0 Å². The summed E-state index contributed by atoms with van der Waals surface area (Å²) in [6.07, 6.45) is 0.972. The van der Waals surface area contributed by atoms with E-state index in [2.05, 4.69) is 20.9 Å². The molecule has 1 fully saturated rings. The minimum absolute atomic E-state index is 0.00447. The van der Waals surface area contributed by atoms with Crippen molar-refractivity contribution in [1.29, 1.82) is 0 Å². The van der Waals surface area contributed by atoms with Gasteiger partial charge in [-0.2, -0.15) is 0 Å². The van der Waals surface area contributed by atoms with E-state index in [1.165, 1.54) is 26.0 Å². The number of phenols is 1. The molecular weight excluding hydrogens is 504 g/mol. The Hall–Kier alpha value is -3.99. The summed E-state index contributed by atoms with van der Waals surface area (Å²) in [5.41, 5.74) is 0.644. The van der Waals surface area contributed by atoms with Gasteiger partial charge < -0.3 is 30.9 Å². The van der Waals surface area contributed by atoms with Gasteiger partial charge in [0.25, 0.3) is 11.8 Å². The van der Waals surface area contributed by atoms with Crippen molar-refractivity contribution in [2.75, 3.05) is 0 Å². The lowest BCUT2D eigenvalue weighted by Crippen LogP contribution is -2.62. The third-order valence-electron chi connectivity index (χ3n) is 6.63. The number of carbonyl (C=O) groups is 4. The first-order valence-electron chi connectivity index (χ1n) is 12.9. The number of hydrogen-bond donors (Lipinski definition) is 5. The number of aliphatic hydroxyl groups is 1. The molecule has 5 N–H and O–H groups in total. The van der Waals surface area contributed by atoms with Crippen LogP contribution in [0.1, 0.15) is 50.0 Å². The summed E-state index contributed by atoms with van der Waals surface area (Å²) in [6, 6.07) is 6.13. The molecule has 2 heterocycles. The van der Waals surface area contributed by atoms with Crippen molar-refractivity contribution in [3.8, 4) is 5.75 Å². The molecule has 1 aromatic heterocycles. The largest absolute Gasteiger partial charge is 0.507 e. The Bertz CT molecular complexity index is 1170. The van der Waals surface area contributed by atoms with Crippen LogP contribution in [0.4, 0.5) is 0 Å². The highest BCUT2D eigenvalue weighted by Gasteiger charge is 2.39. The third kappa shape index (κ3) is 7.76. The molecule has 210 valence electrons. The molecule has 11 heteroatoms. The van der Waals surface area contributed by atoms with E-state index in [0.29, 0.717) is 5.56 Å². The van der Waals surface area contributed by atoms with Crippen LogP contribution in [0.25, 0.3) is 0 Å². The summed E-state index contributed by atoms with van der Waals surface area (Å²) in [5.74, 6) is -4.19. The van der Waals surface area contributed by atoms with Crippen LogP contribution < -0.4 is 16.0 Å². The fourth-order valence-electron chi connectivity index (χ4n) is 4.38. The maximum Gasteiger partial charge on any atom is 0.312 e. The van der Waals surface area contributed by atoms with Gasteiger partial charge in [0.15, 0.2) is 6.10 Å². The summed E-state index contributed by atoms with van der Waals surface area (Å²) >= 11 is 0. The minimum atomic E-state index is -1.38. The van der Waals surface area contributed by atoms with E-state index in [1.54, 1.807) is 36.7 Å². The first-order chi connectivity index (χ1) is 18.5. The number of phenolic OH excluding ortho intramolecular Hbond substituents is 1. The number of nitrogens with zero attached hydrogens (tertiary/aromatic N) is 1. The average molecular weight is 541 g/mol. The van der Waals surface area contributed by atoms with Gasteiger partial charge in [0.2, 0.25) is 5.91 Å². The second-order valence-electron chi connectivity index (χ2n) is 10.3. The number of aliphatic hydroxyl groups excluding tert-OH is 1. The van der Waals surface area contributed by atoms with Crippen LogP contribution in [-0.2, 0) is 25.5 Å². The number of para-hydroxylation sites is 1. The molecule has 2 aromatic rings. The molecule has 3 rings (SSSR count). The fraction of sp³-hybridized carbons (Fsp3) is 0.464. The number of nitrogens with one attached hydrogen (secondary N) is 3. The highest BCUT2D eigenvalue weighted by Crippen LogP contribution is 2.20. The number of rotatable bonds is 6. The molecule has 1 aromatic carbocycles. The smallest absolute Gasteiger partial charge is 0.312 e. The van der Waals surface area contributed by atoms with Gasteiger partial charge >= 0.3 is 5.97 Å². The number of amides is 3. The number of carbonyl (C=O) groups excluding carboxylic acids is 4.